The number of amides is 1. The number of aromatic nitrogens is 2. The van der Waals surface area contributed by atoms with Crippen molar-refractivity contribution in [2.45, 2.75) is 13.1 Å². The quantitative estimate of drug-likeness (QED) is 0.594. The highest BCUT2D eigenvalue weighted by Gasteiger charge is 2.12. The van der Waals surface area contributed by atoms with E-state index in [2.05, 4.69) is 10.4 Å². The zero-order valence-corrected chi connectivity index (χ0v) is 17.3. The number of nitrogens with zero attached hydrogens (tertiary/aromatic N) is 2. The molecule has 0 atom stereocenters. The number of hydrogen-bond acceptors (Lipinski definition) is 6. The normalized spacial score (nSPS) is 10.5. The maximum Gasteiger partial charge on any atom is 0.267 e. The fourth-order valence-corrected chi connectivity index (χ4v) is 2.97. The number of nitrogens with one attached hydrogen (secondary N) is 1. The van der Waals surface area contributed by atoms with E-state index >= 15 is 0 Å². The van der Waals surface area contributed by atoms with Gasteiger partial charge in [0.25, 0.3) is 5.56 Å². The predicted molar refractivity (Wildman–Crippen MR) is 112 cm³/mol. The Kier molecular flexibility index (Phi) is 6.86. The zero-order chi connectivity index (χ0) is 22.4. The highest BCUT2D eigenvalue weighted by Crippen LogP contribution is 2.29. The van der Waals surface area contributed by atoms with Crippen LogP contribution in [-0.2, 0) is 17.9 Å². The molecule has 0 aliphatic carbocycles. The first-order valence-corrected chi connectivity index (χ1v) is 9.35. The average Bonchev–Trinajstić information content (AvgIpc) is 2.78. The van der Waals surface area contributed by atoms with Crippen molar-refractivity contribution in [3.63, 3.8) is 0 Å². The van der Waals surface area contributed by atoms with E-state index in [0.29, 0.717) is 22.8 Å². The van der Waals surface area contributed by atoms with E-state index in [1.807, 2.05) is 0 Å². The summed E-state index contributed by atoms with van der Waals surface area (Å²) in [6.07, 6.45) is 0. The van der Waals surface area contributed by atoms with Crippen LogP contribution in [0.1, 0.15) is 5.56 Å². The largest absolute Gasteiger partial charge is 0.496 e. The molecule has 8 nitrogen and oxygen atoms in total. The van der Waals surface area contributed by atoms with E-state index in [-0.39, 0.29) is 18.8 Å². The monoisotopic (exact) mass is 427 g/mol. The van der Waals surface area contributed by atoms with Crippen LogP contribution in [0.25, 0.3) is 11.3 Å². The lowest BCUT2D eigenvalue weighted by Gasteiger charge is -2.12. The van der Waals surface area contributed by atoms with Crippen molar-refractivity contribution >= 4 is 5.91 Å². The molecule has 1 heterocycles. The zero-order valence-electron chi connectivity index (χ0n) is 17.3. The minimum absolute atomic E-state index is 0.236. The summed E-state index contributed by atoms with van der Waals surface area (Å²) in [6.45, 7) is -0.0388. The molecule has 1 aromatic heterocycles. The maximum atomic E-state index is 13.5. The molecular weight excluding hydrogens is 405 g/mol. The summed E-state index contributed by atoms with van der Waals surface area (Å²) < 4.78 is 30.1. The lowest BCUT2D eigenvalue weighted by atomic mass is 10.1. The van der Waals surface area contributed by atoms with Crippen molar-refractivity contribution in [1.29, 1.82) is 0 Å². The Morgan fingerprint density at radius 2 is 1.71 bits per heavy atom. The molecule has 0 radical (unpaired) electrons. The van der Waals surface area contributed by atoms with Gasteiger partial charge in [0.05, 0.1) is 27.0 Å². The second-order valence-electron chi connectivity index (χ2n) is 6.53. The molecular formula is C22H22FN3O5. The highest BCUT2D eigenvalue weighted by atomic mass is 19.1. The van der Waals surface area contributed by atoms with E-state index in [4.69, 9.17) is 14.2 Å². The van der Waals surface area contributed by atoms with Crippen LogP contribution in [0.4, 0.5) is 4.39 Å². The molecule has 162 valence electrons. The van der Waals surface area contributed by atoms with Crippen molar-refractivity contribution in [3.8, 4) is 28.5 Å². The molecule has 0 bridgehead atoms. The lowest BCUT2D eigenvalue weighted by molar-refractivity contribution is -0.122. The third-order valence-corrected chi connectivity index (χ3v) is 4.54. The Morgan fingerprint density at radius 1 is 0.968 bits per heavy atom. The average molecular weight is 427 g/mol. The summed E-state index contributed by atoms with van der Waals surface area (Å²) in [5.41, 5.74) is 1.25. The second kappa shape index (κ2) is 9.75. The molecule has 0 saturated heterocycles. The SMILES string of the molecule is COc1ccc(CNC(=O)Cn2nc(-c3ccc(F)cc3OC)ccc2=O)cc1OC. The molecule has 0 unspecified atom stereocenters. The van der Waals surface area contributed by atoms with Gasteiger partial charge in [-0.05, 0) is 35.9 Å². The van der Waals surface area contributed by atoms with Crippen LogP contribution < -0.4 is 25.1 Å². The topological polar surface area (TPSA) is 91.7 Å². The van der Waals surface area contributed by atoms with Gasteiger partial charge in [0, 0.05) is 24.2 Å². The Labute approximate surface area is 178 Å². The van der Waals surface area contributed by atoms with Crippen molar-refractivity contribution in [2.24, 2.45) is 0 Å². The van der Waals surface area contributed by atoms with E-state index in [1.165, 1.54) is 44.6 Å². The number of carbonyl (C=O) groups excluding carboxylic acids is 1. The van der Waals surface area contributed by atoms with Gasteiger partial charge in [-0.2, -0.15) is 5.10 Å². The summed E-state index contributed by atoms with van der Waals surface area (Å²) in [7, 11) is 4.48. The molecule has 0 saturated carbocycles. The molecule has 0 spiro atoms. The Balaban J connectivity index is 1.73. The number of ether oxygens (including phenoxy) is 3. The van der Waals surface area contributed by atoms with Gasteiger partial charge >= 0.3 is 0 Å². The lowest BCUT2D eigenvalue weighted by Crippen LogP contribution is -2.33. The molecule has 9 heteroatoms. The van der Waals surface area contributed by atoms with Gasteiger partial charge in [0.1, 0.15) is 18.1 Å². The smallest absolute Gasteiger partial charge is 0.267 e. The van der Waals surface area contributed by atoms with Crippen molar-refractivity contribution < 1.29 is 23.4 Å². The third-order valence-electron chi connectivity index (χ3n) is 4.54. The Morgan fingerprint density at radius 3 is 2.42 bits per heavy atom. The molecule has 0 aliphatic heterocycles. The van der Waals surface area contributed by atoms with Crippen LogP contribution in [-0.4, -0.2) is 37.0 Å². The summed E-state index contributed by atoms with van der Waals surface area (Å²) in [6, 6.07) is 12.1. The summed E-state index contributed by atoms with van der Waals surface area (Å²) in [5.74, 6) is 0.557. The van der Waals surface area contributed by atoms with Gasteiger partial charge in [-0.1, -0.05) is 6.07 Å². The number of rotatable bonds is 8. The van der Waals surface area contributed by atoms with E-state index < -0.39 is 17.3 Å². The molecule has 1 amide bonds. The van der Waals surface area contributed by atoms with Gasteiger partial charge in [0.2, 0.25) is 5.91 Å². The van der Waals surface area contributed by atoms with Gasteiger partial charge in [0.15, 0.2) is 11.5 Å². The predicted octanol–water partition coefficient (Wildman–Crippen LogP) is 2.39. The summed E-state index contributed by atoms with van der Waals surface area (Å²) >= 11 is 0. The molecule has 3 rings (SSSR count). The van der Waals surface area contributed by atoms with Crippen LogP contribution in [0.5, 0.6) is 17.2 Å². The summed E-state index contributed by atoms with van der Waals surface area (Å²) in [4.78, 5) is 24.6. The Bertz CT molecular complexity index is 1150. The van der Waals surface area contributed by atoms with Crippen LogP contribution in [0.3, 0.4) is 0 Å². The fraction of sp³-hybridized carbons (Fsp3) is 0.227. The summed E-state index contributed by atoms with van der Waals surface area (Å²) in [5, 5.41) is 6.97. The van der Waals surface area contributed by atoms with Crippen LogP contribution >= 0.6 is 0 Å². The van der Waals surface area contributed by atoms with Crippen molar-refractivity contribution in [2.75, 3.05) is 21.3 Å². The first-order chi connectivity index (χ1) is 14.9. The standard InChI is InChI=1S/C22H22FN3O5/c1-29-18-8-4-14(10-20(18)31-3)12-24-21(27)13-26-22(28)9-7-17(25-26)16-6-5-15(23)11-19(16)30-2/h4-11H,12-13H2,1-3H3,(H,24,27). The van der Waals surface area contributed by atoms with Crippen molar-refractivity contribution in [3.05, 3.63) is 70.3 Å². The van der Waals surface area contributed by atoms with E-state index in [9.17, 15) is 14.0 Å². The number of benzene rings is 2. The van der Waals surface area contributed by atoms with Gasteiger partial charge in [-0.3, -0.25) is 9.59 Å². The second-order valence-corrected chi connectivity index (χ2v) is 6.53. The molecule has 3 aromatic rings. The number of methoxy groups -OCH3 is 3. The van der Waals surface area contributed by atoms with Crippen molar-refractivity contribution in [1.82, 2.24) is 15.1 Å². The molecule has 0 fully saturated rings. The third kappa shape index (κ3) is 5.19. The van der Waals surface area contributed by atoms with Crippen LogP contribution in [0, 0.1) is 5.82 Å². The number of hydrogen-bond donors (Lipinski definition) is 1. The molecule has 0 aliphatic rings. The fourth-order valence-electron chi connectivity index (χ4n) is 2.97. The minimum atomic E-state index is -0.455. The number of carbonyl (C=O) groups is 1. The van der Waals surface area contributed by atoms with E-state index in [0.717, 1.165) is 10.2 Å². The minimum Gasteiger partial charge on any atom is -0.496 e. The highest BCUT2D eigenvalue weighted by molar-refractivity contribution is 5.75. The van der Waals surface area contributed by atoms with Crippen LogP contribution in [0.2, 0.25) is 0 Å². The van der Waals surface area contributed by atoms with Crippen LogP contribution in [0.15, 0.2) is 53.3 Å². The first-order valence-electron chi connectivity index (χ1n) is 9.35. The van der Waals surface area contributed by atoms with Gasteiger partial charge < -0.3 is 19.5 Å². The van der Waals surface area contributed by atoms with Gasteiger partial charge in [-0.15, -0.1) is 0 Å². The first kappa shape index (κ1) is 21.8. The maximum absolute atomic E-state index is 13.5. The molecule has 31 heavy (non-hydrogen) atoms. The molecule has 2 aromatic carbocycles. The Hall–Kier alpha value is -3.88. The van der Waals surface area contributed by atoms with Gasteiger partial charge in [-0.25, -0.2) is 9.07 Å². The number of halogens is 1. The molecule has 1 N–H and O–H groups in total. The van der Waals surface area contributed by atoms with E-state index in [1.54, 1.807) is 25.3 Å².